The second-order valence-corrected chi connectivity index (χ2v) is 5.72. The average Bonchev–Trinajstić information content (AvgIpc) is 2.01. The molecule has 0 aromatic carbocycles. The van der Waals surface area contributed by atoms with Crippen LogP contribution in [-0.2, 0) is 9.09 Å². The molecule has 5 nitrogen and oxygen atoms in total. The van der Waals surface area contributed by atoms with Crippen LogP contribution in [-0.4, -0.2) is 90.9 Å². The van der Waals surface area contributed by atoms with Gasteiger partial charge in [0, 0.05) is 0 Å². The fourth-order valence-electron chi connectivity index (χ4n) is 0.749. The first-order chi connectivity index (χ1) is 6.35. The van der Waals surface area contributed by atoms with E-state index in [9.17, 15) is 4.57 Å². The molecule has 0 aromatic rings. The molecule has 2 atom stereocenters. The van der Waals surface area contributed by atoms with Crippen LogP contribution in [0.3, 0.4) is 0 Å². The Morgan fingerprint density at radius 1 is 1.40 bits per heavy atom. The SMILES string of the molecule is C[N+](C)(C)CCO[PH](=O)CC(O)CO.[Mg+2]. The molecule has 15 heavy (non-hydrogen) atoms. The van der Waals surface area contributed by atoms with Gasteiger partial charge in [-0.25, -0.2) is 0 Å². The second kappa shape index (κ2) is 8.93. The molecular weight excluding hydrogens is 229 g/mol. The van der Waals surface area contributed by atoms with E-state index in [0.29, 0.717) is 6.61 Å². The van der Waals surface area contributed by atoms with Crippen molar-refractivity contribution in [3.63, 3.8) is 0 Å². The van der Waals surface area contributed by atoms with E-state index in [1.54, 1.807) is 0 Å². The Morgan fingerprint density at radius 2 is 1.93 bits per heavy atom. The Kier molecular flexibility index (Phi) is 10.8. The molecule has 0 heterocycles. The fraction of sp³-hybridized carbons (Fsp3) is 1.00. The summed E-state index contributed by atoms with van der Waals surface area (Å²) in [4.78, 5) is 0. The minimum Gasteiger partial charge on any atom is -0.394 e. The minimum atomic E-state index is -2.19. The number of nitrogens with zero attached hydrogens (tertiary/aromatic N) is 1. The standard InChI is InChI=1S/C8H21NO4P.Mg/c1-9(2,3)4-5-13-14(12)7-8(11)6-10;/h8,10-11,14H,4-7H2,1-3H3;/q+1;+2. The van der Waals surface area contributed by atoms with Crippen LogP contribution in [0, 0.1) is 0 Å². The largest absolute Gasteiger partial charge is 2.00 e. The van der Waals surface area contributed by atoms with Gasteiger partial charge in [-0.2, -0.15) is 0 Å². The molecule has 0 amide bonds. The summed E-state index contributed by atoms with van der Waals surface area (Å²) in [6, 6.07) is 0. The van der Waals surface area contributed by atoms with Gasteiger partial charge in [0.15, 0.2) is 8.03 Å². The van der Waals surface area contributed by atoms with Gasteiger partial charge >= 0.3 is 23.1 Å². The Morgan fingerprint density at radius 3 is 2.33 bits per heavy atom. The summed E-state index contributed by atoms with van der Waals surface area (Å²) in [5.41, 5.74) is 0. The first kappa shape index (κ1) is 18.2. The molecular formula is C8H21MgNO4P+3. The van der Waals surface area contributed by atoms with E-state index < -0.39 is 14.1 Å². The van der Waals surface area contributed by atoms with Crippen LogP contribution in [0.5, 0.6) is 0 Å². The number of rotatable bonds is 7. The molecule has 0 aliphatic rings. The molecule has 7 heteroatoms. The van der Waals surface area contributed by atoms with Gasteiger partial charge in [-0.05, 0) is 0 Å². The third kappa shape index (κ3) is 12.8. The van der Waals surface area contributed by atoms with E-state index in [0.717, 1.165) is 11.0 Å². The number of aliphatic hydroxyl groups excluding tert-OH is 2. The topological polar surface area (TPSA) is 66.8 Å². The van der Waals surface area contributed by atoms with Crippen molar-refractivity contribution < 1.29 is 23.8 Å². The Hall–Kier alpha value is 0.836. The van der Waals surface area contributed by atoms with Crippen LogP contribution < -0.4 is 0 Å². The summed E-state index contributed by atoms with van der Waals surface area (Å²) in [5.74, 6) is 0. The van der Waals surface area contributed by atoms with Gasteiger partial charge < -0.3 is 19.2 Å². The maximum Gasteiger partial charge on any atom is 2.00 e. The molecule has 0 aliphatic carbocycles. The van der Waals surface area contributed by atoms with Gasteiger partial charge in [-0.15, -0.1) is 0 Å². The molecule has 0 saturated carbocycles. The van der Waals surface area contributed by atoms with E-state index in [1.807, 2.05) is 21.1 Å². The Bertz CT molecular complexity index is 186. The normalized spacial score (nSPS) is 15.5. The average molecular weight is 251 g/mol. The van der Waals surface area contributed by atoms with Crippen molar-refractivity contribution in [2.24, 2.45) is 0 Å². The summed E-state index contributed by atoms with van der Waals surface area (Å²) in [6.07, 6.45) is -0.885. The van der Waals surface area contributed by atoms with Crippen molar-refractivity contribution >= 4 is 31.1 Å². The monoisotopic (exact) mass is 250 g/mol. The molecule has 0 aromatic heterocycles. The summed E-state index contributed by atoms with van der Waals surface area (Å²) < 4.78 is 17.0. The molecule has 0 bridgehead atoms. The van der Waals surface area contributed by atoms with E-state index in [-0.39, 0.29) is 35.8 Å². The Balaban J connectivity index is 0. The zero-order chi connectivity index (χ0) is 11.2. The molecule has 0 fully saturated rings. The van der Waals surface area contributed by atoms with Gasteiger partial charge in [0.05, 0.1) is 40.0 Å². The number of likely N-dealkylation sites (N-methyl/N-ethyl adjacent to an activating group) is 1. The van der Waals surface area contributed by atoms with Gasteiger partial charge in [0.25, 0.3) is 0 Å². The molecule has 0 aliphatic heterocycles. The molecule has 0 spiro atoms. The first-order valence-corrected chi connectivity index (χ1v) is 6.12. The predicted molar refractivity (Wildman–Crippen MR) is 61.6 cm³/mol. The third-order valence-corrected chi connectivity index (χ3v) is 2.97. The van der Waals surface area contributed by atoms with Crippen molar-refractivity contribution in [3.8, 4) is 0 Å². The number of hydrogen-bond acceptors (Lipinski definition) is 4. The molecule has 0 saturated heterocycles. The van der Waals surface area contributed by atoms with Gasteiger partial charge in [0.1, 0.15) is 13.2 Å². The number of hydrogen-bond donors (Lipinski definition) is 2. The molecule has 2 unspecified atom stereocenters. The van der Waals surface area contributed by atoms with Crippen LogP contribution in [0.4, 0.5) is 0 Å². The fourth-order valence-corrected chi connectivity index (χ4v) is 1.70. The van der Waals surface area contributed by atoms with Crippen molar-refractivity contribution in [3.05, 3.63) is 0 Å². The van der Waals surface area contributed by atoms with Crippen LogP contribution in [0.1, 0.15) is 0 Å². The van der Waals surface area contributed by atoms with Crippen molar-refractivity contribution in [2.75, 3.05) is 47.1 Å². The van der Waals surface area contributed by atoms with E-state index in [2.05, 4.69) is 0 Å². The van der Waals surface area contributed by atoms with E-state index >= 15 is 0 Å². The van der Waals surface area contributed by atoms with Crippen LogP contribution >= 0.6 is 8.03 Å². The number of quaternary nitrogens is 1. The number of aliphatic hydroxyl groups is 2. The van der Waals surface area contributed by atoms with Crippen LogP contribution in [0.2, 0.25) is 0 Å². The van der Waals surface area contributed by atoms with Gasteiger partial charge in [-0.3, -0.25) is 4.57 Å². The van der Waals surface area contributed by atoms with Crippen LogP contribution in [0.15, 0.2) is 0 Å². The molecule has 86 valence electrons. The molecule has 0 rings (SSSR count). The smallest absolute Gasteiger partial charge is 0.394 e. The van der Waals surface area contributed by atoms with E-state index in [4.69, 9.17) is 14.7 Å². The molecule has 0 radical (unpaired) electrons. The third-order valence-electron chi connectivity index (χ3n) is 1.64. The van der Waals surface area contributed by atoms with Gasteiger partial charge in [0.2, 0.25) is 0 Å². The predicted octanol–water partition coefficient (Wildman–Crippen LogP) is -0.844. The van der Waals surface area contributed by atoms with Crippen molar-refractivity contribution in [1.29, 1.82) is 0 Å². The zero-order valence-corrected chi connectivity index (χ0v) is 12.2. The first-order valence-electron chi connectivity index (χ1n) is 4.60. The maximum atomic E-state index is 11.2. The molecule has 2 N–H and O–H groups in total. The quantitative estimate of drug-likeness (QED) is 0.351. The Labute approximate surface area is 108 Å². The zero-order valence-electron chi connectivity index (χ0n) is 9.77. The van der Waals surface area contributed by atoms with Gasteiger partial charge in [-0.1, -0.05) is 0 Å². The summed E-state index contributed by atoms with van der Waals surface area (Å²) >= 11 is 0. The second-order valence-electron chi connectivity index (χ2n) is 4.27. The van der Waals surface area contributed by atoms with Crippen molar-refractivity contribution in [2.45, 2.75) is 6.10 Å². The van der Waals surface area contributed by atoms with E-state index in [1.165, 1.54) is 0 Å². The summed E-state index contributed by atoms with van der Waals surface area (Å²) in [7, 11) is 3.86. The minimum absolute atomic E-state index is 0. The van der Waals surface area contributed by atoms with Crippen molar-refractivity contribution in [1.82, 2.24) is 0 Å². The summed E-state index contributed by atoms with van der Waals surface area (Å²) in [5, 5.41) is 17.5. The maximum absolute atomic E-state index is 11.2. The van der Waals surface area contributed by atoms with Crippen LogP contribution in [0.25, 0.3) is 0 Å². The summed E-state index contributed by atoms with van der Waals surface area (Å²) in [6.45, 7) is 0.820.